The predicted molar refractivity (Wildman–Crippen MR) is 106 cm³/mol. The van der Waals surface area contributed by atoms with Gasteiger partial charge in [-0.05, 0) is 31.0 Å². The molecule has 28 heavy (non-hydrogen) atoms. The van der Waals surface area contributed by atoms with Crippen molar-refractivity contribution in [3.05, 3.63) is 34.8 Å². The number of thiazole rings is 1. The molecule has 2 amide bonds. The van der Waals surface area contributed by atoms with Gasteiger partial charge in [0.25, 0.3) is 5.91 Å². The molecule has 7 nitrogen and oxygen atoms in total. The molecule has 1 fully saturated rings. The van der Waals surface area contributed by atoms with E-state index in [1.807, 2.05) is 5.38 Å². The molecule has 0 radical (unpaired) electrons. The highest BCUT2D eigenvalue weighted by molar-refractivity contribution is 7.14. The van der Waals surface area contributed by atoms with Crippen LogP contribution < -0.4 is 14.8 Å². The molecule has 8 heteroatoms. The Kier molecular flexibility index (Phi) is 4.74. The number of carbonyl (C=O) groups is 2. The molecule has 0 spiro atoms. The van der Waals surface area contributed by atoms with E-state index >= 15 is 0 Å². The molecule has 1 aromatic heterocycles. The number of aromatic nitrogens is 1. The Labute approximate surface area is 167 Å². The van der Waals surface area contributed by atoms with Gasteiger partial charge >= 0.3 is 0 Å². The summed E-state index contributed by atoms with van der Waals surface area (Å²) in [5.41, 5.74) is 1.36. The third-order valence-electron chi connectivity index (χ3n) is 4.94. The number of fused-ring (bicyclic) bond motifs is 1. The maximum atomic E-state index is 13.0. The fourth-order valence-electron chi connectivity index (χ4n) is 3.34. The molecular formula is C20H23N3O4S. The lowest BCUT2D eigenvalue weighted by molar-refractivity contribution is -0.119. The molecule has 2 aliphatic heterocycles. The van der Waals surface area contributed by atoms with Crippen molar-refractivity contribution in [1.29, 1.82) is 0 Å². The van der Waals surface area contributed by atoms with Crippen molar-refractivity contribution >= 4 is 28.3 Å². The van der Waals surface area contributed by atoms with Crippen LogP contribution in [-0.4, -0.2) is 41.1 Å². The minimum absolute atomic E-state index is 0.0752. The van der Waals surface area contributed by atoms with Gasteiger partial charge in [-0.25, -0.2) is 4.98 Å². The monoisotopic (exact) mass is 401 g/mol. The molecule has 2 aliphatic rings. The summed E-state index contributed by atoms with van der Waals surface area (Å²) in [7, 11) is 0. The number of hydrogen-bond acceptors (Lipinski definition) is 6. The second-order valence-corrected chi connectivity index (χ2v) is 8.86. The first-order chi connectivity index (χ1) is 13.3. The van der Waals surface area contributed by atoms with Gasteiger partial charge in [-0.3, -0.25) is 9.59 Å². The van der Waals surface area contributed by atoms with Crippen molar-refractivity contribution in [2.24, 2.45) is 0 Å². The van der Waals surface area contributed by atoms with Crippen molar-refractivity contribution in [3.63, 3.8) is 0 Å². The van der Waals surface area contributed by atoms with E-state index in [0.29, 0.717) is 35.2 Å². The zero-order valence-corrected chi connectivity index (χ0v) is 17.0. The average molecular weight is 401 g/mol. The molecule has 148 valence electrons. The highest BCUT2D eigenvalue weighted by Gasteiger charge is 2.35. The molecule has 1 aromatic carbocycles. The van der Waals surface area contributed by atoms with Crippen molar-refractivity contribution < 1.29 is 19.1 Å². The molecule has 0 saturated carbocycles. The highest BCUT2D eigenvalue weighted by atomic mass is 32.1. The molecular weight excluding hydrogens is 378 g/mol. The summed E-state index contributed by atoms with van der Waals surface area (Å²) < 4.78 is 10.6. The minimum atomic E-state index is -0.500. The minimum Gasteiger partial charge on any atom is -0.454 e. The second-order valence-electron chi connectivity index (χ2n) is 8.00. The SMILES string of the molecule is CC(C)(C)c1csc(NC(=O)[C@@H]2CCCN2C(=O)c2ccc3c(c2)OCO3)n1. The number of likely N-dealkylation sites (tertiary alicyclic amines) is 1. The normalized spacial score (nSPS) is 18.4. The Bertz CT molecular complexity index is 918. The van der Waals surface area contributed by atoms with Crippen LogP contribution in [0.2, 0.25) is 0 Å². The predicted octanol–water partition coefficient (Wildman–Crippen LogP) is 3.41. The Morgan fingerprint density at radius 3 is 2.79 bits per heavy atom. The number of rotatable bonds is 3. The van der Waals surface area contributed by atoms with Crippen LogP contribution in [0.25, 0.3) is 0 Å². The Balaban J connectivity index is 1.47. The van der Waals surface area contributed by atoms with Gasteiger partial charge in [0, 0.05) is 22.9 Å². The first kappa shape index (κ1) is 18.7. The van der Waals surface area contributed by atoms with E-state index in [-0.39, 0.29) is 24.0 Å². The van der Waals surface area contributed by atoms with Crippen LogP contribution in [0.3, 0.4) is 0 Å². The van der Waals surface area contributed by atoms with Gasteiger partial charge in [-0.15, -0.1) is 11.3 Å². The number of hydrogen-bond donors (Lipinski definition) is 1. The van der Waals surface area contributed by atoms with E-state index in [4.69, 9.17) is 9.47 Å². The zero-order chi connectivity index (χ0) is 19.9. The first-order valence-corrected chi connectivity index (χ1v) is 10.2. The fraction of sp³-hybridized carbons (Fsp3) is 0.450. The quantitative estimate of drug-likeness (QED) is 0.852. The summed E-state index contributed by atoms with van der Waals surface area (Å²) >= 11 is 1.41. The van der Waals surface area contributed by atoms with Crippen molar-refractivity contribution in [2.75, 3.05) is 18.7 Å². The van der Waals surface area contributed by atoms with E-state index in [9.17, 15) is 9.59 Å². The maximum Gasteiger partial charge on any atom is 0.254 e. The number of anilines is 1. The van der Waals surface area contributed by atoms with Crippen LogP contribution in [0.15, 0.2) is 23.6 Å². The van der Waals surface area contributed by atoms with Gasteiger partial charge in [0.2, 0.25) is 12.7 Å². The molecule has 0 aliphatic carbocycles. The van der Waals surface area contributed by atoms with Gasteiger partial charge in [0.1, 0.15) is 6.04 Å². The van der Waals surface area contributed by atoms with Crippen molar-refractivity contribution in [1.82, 2.24) is 9.88 Å². The third-order valence-corrected chi connectivity index (χ3v) is 5.70. The number of carbonyl (C=O) groups excluding carboxylic acids is 2. The molecule has 1 N–H and O–H groups in total. The van der Waals surface area contributed by atoms with E-state index in [0.717, 1.165) is 12.1 Å². The Hall–Kier alpha value is -2.61. The number of benzene rings is 1. The van der Waals surface area contributed by atoms with Crippen molar-refractivity contribution in [2.45, 2.75) is 45.1 Å². The number of amides is 2. The summed E-state index contributed by atoms with van der Waals surface area (Å²) in [6.07, 6.45) is 1.43. The number of ether oxygens (including phenoxy) is 2. The summed E-state index contributed by atoms with van der Waals surface area (Å²) in [4.78, 5) is 32.0. The van der Waals surface area contributed by atoms with Gasteiger partial charge in [-0.1, -0.05) is 20.8 Å². The average Bonchev–Trinajstić information content (AvgIpc) is 3.39. The van der Waals surface area contributed by atoms with Crippen LogP contribution in [-0.2, 0) is 10.2 Å². The van der Waals surface area contributed by atoms with Gasteiger partial charge < -0.3 is 19.7 Å². The van der Waals surface area contributed by atoms with Crippen LogP contribution >= 0.6 is 11.3 Å². The lowest BCUT2D eigenvalue weighted by Crippen LogP contribution is -2.43. The lowest BCUT2D eigenvalue weighted by Gasteiger charge is -2.23. The van der Waals surface area contributed by atoms with E-state index in [1.54, 1.807) is 23.1 Å². The fourth-order valence-corrected chi connectivity index (χ4v) is 4.28. The van der Waals surface area contributed by atoms with E-state index in [2.05, 4.69) is 31.1 Å². The maximum absolute atomic E-state index is 13.0. The molecule has 1 atom stereocenters. The van der Waals surface area contributed by atoms with Gasteiger partial charge in [0.15, 0.2) is 16.6 Å². The van der Waals surface area contributed by atoms with Gasteiger partial charge in [0.05, 0.1) is 5.69 Å². The van der Waals surface area contributed by atoms with E-state index in [1.165, 1.54) is 11.3 Å². The third kappa shape index (κ3) is 3.56. The largest absolute Gasteiger partial charge is 0.454 e. The first-order valence-electron chi connectivity index (χ1n) is 9.30. The topological polar surface area (TPSA) is 80.8 Å². The number of nitrogens with zero attached hydrogens (tertiary/aromatic N) is 2. The highest BCUT2D eigenvalue weighted by Crippen LogP contribution is 2.34. The second kappa shape index (κ2) is 7.09. The summed E-state index contributed by atoms with van der Waals surface area (Å²) in [5.74, 6) is 0.820. The molecule has 1 saturated heterocycles. The van der Waals surface area contributed by atoms with Crippen LogP contribution in [0.1, 0.15) is 49.7 Å². The molecule has 0 bridgehead atoms. The van der Waals surface area contributed by atoms with E-state index < -0.39 is 6.04 Å². The molecule has 2 aromatic rings. The Morgan fingerprint density at radius 2 is 2.04 bits per heavy atom. The summed E-state index contributed by atoms with van der Waals surface area (Å²) in [6.45, 7) is 6.95. The van der Waals surface area contributed by atoms with Gasteiger partial charge in [-0.2, -0.15) is 0 Å². The van der Waals surface area contributed by atoms with Crippen LogP contribution in [0.5, 0.6) is 11.5 Å². The standard InChI is InChI=1S/C20H23N3O4S/c1-20(2,3)16-10-28-19(21-16)22-17(24)13-5-4-8-23(13)18(25)12-6-7-14-15(9-12)27-11-26-14/h6-7,9-10,13H,4-5,8,11H2,1-3H3,(H,21,22,24)/t13-/m0/s1. The van der Waals surface area contributed by atoms with Crippen molar-refractivity contribution in [3.8, 4) is 11.5 Å². The van der Waals surface area contributed by atoms with Crippen LogP contribution in [0, 0.1) is 0 Å². The Morgan fingerprint density at radius 1 is 1.25 bits per heavy atom. The molecule has 0 unspecified atom stereocenters. The van der Waals surface area contributed by atoms with Crippen LogP contribution in [0.4, 0.5) is 5.13 Å². The number of nitrogens with one attached hydrogen (secondary N) is 1. The summed E-state index contributed by atoms with van der Waals surface area (Å²) in [5, 5.41) is 5.41. The smallest absolute Gasteiger partial charge is 0.254 e. The molecule has 3 heterocycles. The summed E-state index contributed by atoms with van der Waals surface area (Å²) in [6, 6.07) is 4.61. The zero-order valence-electron chi connectivity index (χ0n) is 16.2. The lowest BCUT2D eigenvalue weighted by atomic mass is 9.93. The molecule has 4 rings (SSSR count).